The summed E-state index contributed by atoms with van der Waals surface area (Å²) in [4.78, 5) is 0. The van der Waals surface area contributed by atoms with Gasteiger partial charge in [0.05, 0.1) is 12.9 Å². The van der Waals surface area contributed by atoms with Crippen molar-refractivity contribution in [1.29, 1.82) is 0 Å². The van der Waals surface area contributed by atoms with Crippen LogP contribution in [-0.4, -0.2) is 61.2 Å². The van der Waals surface area contributed by atoms with E-state index in [1.165, 1.54) is 0 Å². The second-order valence-electron chi connectivity index (χ2n) is 3.00. The van der Waals surface area contributed by atoms with Crippen LogP contribution in [0.5, 0.6) is 0 Å². The van der Waals surface area contributed by atoms with Crippen LogP contribution in [0.3, 0.4) is 0 Å². The predicted octanol–water partition coefficient (Wildman–Crippen LogP) is -2.60. The number of hydrogen-bond acceptors (Lipinski definition) is 7. The topological polar surface area (TPSA) is 113 Å². The summed E-state index contributed by atoms with van der Waals surface area (Å²) in [6.07, 6.45) is -4.56. The van der Waals surface area contributed by atoms with Crippen molar-refractivity contribution in [3.8, 4) is 0 Å². The van der Waals surface area contributed by atoms with Gasteiger partial charge < -0.3 is 20.1 Å². The predicted molar refractivity (Wildman–Crippen MR) is 43.7 cm³/mol. The summed E-state index contributed by atoms with van der Waals surface area (Å²) >= 11 is 0. The van der Waals surface area contributed by atoms with Crippen molar-refractivity contribution < 1.29 is 32.7 Å². The first-order chi connectivity index (χ1) is 6.35. The van der Waals surface area contributed by atoms with Gasteiger partial charge in [0.25, 0.3) is 10.1 Å². The van der Waals surface area contributed by atoms with Gasteiger partial charge in [-0.15, -0.1) is 0 Å². The van der Waals surface area contributed by atoms with Gasteiger partial charge in [0, 0.05) is 0 Å². The molecule has 7 nitrogen and oxygen atoms in total. The van der Waals surface area contributed by atoms with Gasteiger partial charge in [-0.3, -0.25) is 4.18 Å². The van der Waals surface area contributed by atoms with Crippen molar-refractivity contribution in [1.82, 2.24) is 0 Å². The molecule has 1 aliphatic heterocycles. The molecule has 0 amide bonds. The Morgan fingerprint density at radius 2 is 2.00 bits per heavy atom. The maximum Gasteiger partial charge on any atom is 0.264 e. The quantitative estimate of drug-likeness (QED) is 0.454. The van der Waals surface area contributed by atoms with Gasteiger partial charge in [-0.25, -0.2) is 0 Å². The minimum absolute atomic E-state index is 0.526. The second-order valence-corrected chi connectivity index (χ2v) is 4.60. The molecule has 0 radical (unpaired) electrons. The van der Waals surface area contributed by atoms with Crippen LogP contribution in [0.2, 0.25) is 0 Å². The fourth-order valence-electron chi connectivity index (χ4n) is 1.17. The van der Waals surface area contributed by atoms with E-state index in [2.05, 4.69) is 8.92 Å². The number of aliphatic hydroxyl groups is 3. The third kappa shape index (κ3) is 2.62. The van der Waals surface area contributed by atoms with E-state index in [1.54, 1.807) is 0 Å². The van der Waals surface area contributed by atoms with E-state index >= 15 is 0 Å². The molecule has 1 rings (SSSR count). The van der Waals surface area contributed by atoms with Gasteiger partial charge in [0.15, 0.2) is 12.4 Å². The maximum atomic E-state index is 10.7. The van der Waals surface area contributed by atoms with Crippen LogP contribution in [0.15, 0.2) is 0 Å². The molecule has 1 saturated heterocycles. The Balaban J connectivity index is 2.70. The van der Waals surface area contributed by atoms with Crippen LogP contribution in [-0.2, 0) is 19.0 Å². The molecule has 0 bridgehead atoms. The molecule has 0 unspecified atom stereocenters. The molecule has 0 aliphatic carbocycles. The molecule has 0 spiro atoms. The van der Waals surface area contributed by atoms with E-state index in [4.69, 9.17) is 10.2 Å². The molecule has 1 fully saturated rings. The van der Waals surface area contributed by atoms with Crippen LogP contribution >= 0.6 is 0 Å². The third-order valence-corrected chi connectivity index (χ3v) is 2.35. The van der Waals surface area contributed by atoms with Crippen molar-refractivity contribution in [2.45, 2.75) is 24.6 Å². The van der Waals surface area contributed by atoms with Crippen LogP contribution in [0.1, 0.15) is 0 Å². The molecule has 4 atom stereocenters. The molecular weight excluding hydrogens is 216 g/mol. The first-order valence-corrected chi connectivity index (χ1v) is 5.67. The van der Waals surface area contributed by atoms with Gasteiger partial charge >= 0.3 is 0 Å². The van der Waals surface area contributed by atoms with E-state index in [0.29, 0.717) is 0 Å². The first kappa shape index (κ1) is 11.8. The summed E-state index contributed by atoms with van der Waals surface area (Å²) in [6, 6.07) is 0. The largest absolute Gasteiger partial charge is 0.394 e. The Morgan fingerprint density at radius 3 is 2.36 bits per heavy atom. The molecular formula is C6H12O7S. The minimum atomic E-state index is -3.79. The molecule has 0 aromatic carbocycles. The molecule has 1 heterocycles. The monoisotopic (exact) mass is 228 g/mol. The molecule has 84 valence electrons. The van der Waals surface area contributed by atoms with Crippen molar-refractivity contribution in [3.63, 3.8) is 0 Å². The fourth-order valence-corrected chi connectivity index (χ4v) is 1.79. The van der Waals surface area contributed by atoms with Gasteiger partial charge in [0.2, 0.25) is 0 Å². The van der Waals surface area contributed by atoms with Crippen molar-refractivity contribution in [3.05, 3.63) is 0 Å². The molecule has 8 heteroatoms. The lowest BCUT2D eigenvalue weighted by atomic mass is 10.1. The lowest BCUT2D eigenvalue weighted by Crippen LogP contribution is -2.37. The maximum absolute atomic E-state index is 10.7. The summed E-state index contributed by atoms with van der Waals surface area (Å²) < 4.78 is 30.5. The van der Waals surface area contributed by atoms with E-state index in [9.17, 15) is 13.5 Å². The highest BCUT2D eigenvalue weighted by Gasteiger charge is 2.45. The zero-order valence-electron chi connectivity index (χ0n) is 7.40. The van der Waals surface area contributed by atoms with Crippen LogP contribution in [0, 0.1) is 0 Å². The Kier molecular flexibility index (Phi) is 3.45. The summed E-state index contributed by atoms with van der Waals surface area (Å²) in [7, 11) is -3.79. The fraction of sp³-hybridized carbons (Fsp3) is 1.00. The van der Waals surface area contributed by atoms with E-state index < -0.39 is 41.3 Å². The van der Waals surface area contributed by atoms with Gasteiger partial charge in [0.1, 0.15) is 12.2 Å². The molecule has 0 aromatic heterocycles. The van der Waals surface area contributed by atoms with Gasteiger partial charge in [-0.1, -0.05) is 0 Å². The van der Waals surface area contributed by atoms with Crippen LogP contribution in [0.4, 0.5) is 0 Å². The number of rotatable bonds is 3. The SMILES string of the molecule is CS(=O)(=O)O[C@@H]1[C@@H](O)[C@@H](CO)O[C@H]1O. The molecule has 3 N–H and O–H groups in total. The highest BCUT2D eigenvalue weighted by atomic mass is 32.2. The summed E-state index contributed by atoms with van der Waals surface area (Å²) in [6.45, 7) is -0.526. The Labute approximate surface area is 81.0 Å². The van der Waals surface area contributed by atoms with Crippen molar-refractivity contribution in [2.24, 2.45) is 0 Å². The Morgan fingerprint density at radius 1 is 1.43 bits per heavy atom. The summed E-state index contributed by atoms with van der Waals surface area (Å²) in [5, 5.41) is 27.2. The van der Waals surface area contributed by atoms with E-state index in [-0.39, 0.29) is 0 Å². The smallest absolute Gasteiger partial charge is 0.264 e. The van der Waals surface area contributed by atoms with E-state index in [1.807, 2.05) is 0 Å². The normalized spacial score (nSPS) is 38.9. The Hall–Kier alpha value is -0.250. The minimum Gasteiger partial charge on any atom is -0.394 e. The van der Waals surface area contributed by atoms with Crippen LogP contribution < -0.4 is 0 Å². The summed E-state index contributed by atoms with van der Waals surface area (Å²) in [5.41, 5.74) is 0. The number of aliphatic hydroxyl groups excluding tert-OH is 3. The molecule has 1 aliphatic rings. The van der Waals surface area contributed by atoms with Crippen molar-refractivity contribution in [2.75, 3.05) is 12.9 Å². The van der Waals surface area contributed by atoms with Crippen LogP contribution in [0.25, 0.3) is 0 Å². The molecule has 14 heavy (non-hydrogen) atoms. The molecule has 0 aromatic rings. The van der Waals surface area contributed by atoms with Gasteiger partial charge in [-0.2, -0.15) is 8.42 Å². The number of ether oxygens (including phenoxy) is 1. The Bertz CT molecular complexity index is 287. The van der Waals surface area contributed by atoms with Gasteiger partial charge in [-0.05, 0) is 0 Å². The lowest BCUT2D eigenvalue weighted by Gasteiger charge is -2.15. The highest BCUT2D eigenvalue weighted by Crippen LogP contribution is 2.23. The average Bonchev–Trinajstić information content (AvgIpc) is 2.29. The molecule has 0 saturated carbocycles. The lowest BCUT2D eigenvalue weighted by molar-refractivity contribution is -0.127. The zero-order chi connectivity index (χ0) is 10.9. The average molecular weight is 228 g/mol. The standard InChI is InChI=1S/C6H12O7S/c1-14(10,11)13-5-4(8)3(2-7)12-6(5)9/h3-9H,2H2,1H3/t3-,4+,5-,6-/m1/s1. The van der Waals surface area contributed by atoms with Crippen molar-refractivity contribution >= 4 is 10.1 Å². The second kappa shape index (κ2) is 4.09. The zero-order valence-corrected chi connectivity index (χ0v) is 8.22. The third-order valence-electron chi connectivity index (χ3n) is 1.78. The number of hydrogen-bond donors (Lipinski definition) is 3. The van der Waals surface area contributed by atoms with E-state index in [0.717, 1.165) is 6.26 Å². The highest BCUT2D eigenvalue weighted by molar-refractivity contribution is 7.86. The first-order valence-electron chi connectivity index (χ1n) is 3.86. The summed E-state index contributed by atoms with van der Waals surface area (Å²) in [5.74, 6) is 0.